The predicted octanol–water partition coefficient (Wildman–Crippen LogP) is 3.54. The van der Waals surface area contributed by atoms with Gasteiger partial charge in [0.1, 0.15) is 18.2 Å². The van der Waals surface area contributed by atoms with E-state index in [0.717, 1.165) is 16.9 Å². The zero-order valence-corrected chi connectivity index (χ0v) is 17.7. The molecule has 1 aromatic heterocycles. The van der Waals surface area contributed by atoms with Crippen LogP contribution in [-0.2, 0) is 16.1 Å². The average Bonchev–Trinajstić information content (AvgIpc) is 3.23. The van der Waals surface area contributed by atoms with E-state index < -0.39 is 0 Å². The van der Waals surface area contributed by atoms with Gasteiger partial charge < -0.3 is 15.4 Å². The molecule has 2 aromatic carbocycles. The normalized spacial score (nSPS) is 11.7. The van der Waals surface area contributed by atoms with Gasteiger partial charge in [-0.2, -0.15) is 0 Å². The van der Waals surface area contributed by atoms with E-state index in [1.54, 1.807) is 0 Å². The number of anilines is 1. The Morgan fingerprint density at radius 2 is 1.80 bits per heavy atom. The van der Waals surface area contributed by atoms with E-state index in [-0.39, 0.29) is 36.0 Å². The highest BCUT2D eigenvalue weighted by Gasteiger charge is 2.14. The zero-order valence-electron chi connectivity index (χ0n) is 16.9. The quantitative estimate of drug-likeness (QED) is 0.548. The van der Waals surface area contributed by atoms with Gasteiger partial charge in [0.2, 0.25) is 10.9 Å². The number of hydrogen-bond acceptors (Lipinski definition) is 6. The molecule has 156 valence electrons. The molecule has 0 unspecified atom stereocenters. The van der Waals surface area contributed by atoms with Crippen molar-refractivity contribution in [3.05, 3.63) is 75.7 Å². The molecule has 3 aromatic rings. The van der Waals surface area contributed by atoms with Crippen LogP contribution in [0.5, 0.6) is 0 Å². The van der Waals surface area contributed by atoms with Gasteiger partial charge in [-0.05, 0) is 30.5 Å². The third-order valence-corrected chi connectivity index (χ3v) is 5.30. The van der Waals surface area contributed by atoms with Gasteiger partial charge in [0, 0.05) is 12.2 Å². The molecule has 0 fully saturated rings. The van der Waals surface area contributed by atoms with E-state index in [2.05, 4.69) is 27.8 Å². The standard InChI is InChI=1S/C22H24N4O3S/c1-15-8-10-18(11-9-15)24-21(28)22-26-25-20(30-22)14-29-13-19(27)23-12-16(2)17-6-4-3-5-7-17/h3-11,16H,12-14H2,1-2H3,(H,23,27)(H,24,28)/t16-/m1/s1. The Balaban J connectivity index is 1.39. The Morgan fingerprint density at radius 1 is 1.07 bits per heavy atom. The lowest BCUT2D eigenvalue weighted by atomic mass is 10.0. The lowest BCUT2D eigenvalue weighted by Crippen LogP contribution is -2.30. The Morgan fingerprint density at radius 3 is 2.53 bits per heavy atom. The third-order valence-electron chi connectivity index (χ3n) is 4.40. The molecule has 1 heterocycles. The van der Waals surface area contributed by atoms with Crippen LogP contribution >= 0.6 is 11.3 Å². The monoisotopic (exact) mass is 424 g/mol. The van der Waals surface area contributed by atoms with E-state index in [4.69, 9.17) is 4.74 Å². The molecule has 0 aliphatic rings. The minimum Gasteiger partial charge on any atom is -0.364 e. The minimum absolute atomic E-state index is 0.0774. The Hall–Kier alpha value is -3.10. The van der Waals surface area contributed by atoms with Gasteiger partial charge in [0.25, 0.3) is 5.91 Å². The van der Waals surface area contributed by atoms with Crippen molar-refractivity contribution in [3.63, 3.8) is 0 Å². The molecule has 0 radical (unpaired) electrons. The van der Waals surface area contributed by atoms with Gasteiger partial charge in [0.05, 0.1) is 0 Å². The number of nitrogens with one attached hydrogen (secondary N) is 2. The number of amides is 2. The highest BCUT2D eigenvalue weighted by Crippen LogP contribution is 2.15. The van der Waals surface area contributed by atoms with Crippen LogP contribution in [0.1, 0.15) is 38.8 Å². The van der Waals surface area contributed by atoms with Gasteiger partial charge in [-0.1, -0.05) is 66.3 Å². The van der Waals surface area contributed by atoms with E-state index in [0.29, 0.717) is 17.2 Å². The summed E-state index contributed by atoms with van der Waals surface area (Å²) in [5, 5.41) is 14.3. The van der Waals surface area contributed by atoms with E-state index in [1.165, 1.54) is 5.56 Å². The van der Waals surface area contributed by atoms with E-state index in [9.17, 15) is 9.59 Å². The maximum atomic E-state index is 12.3. The number of aromatic nitrogens is 2. The van der Waals surface area contributed by atoms with Crippen LogP contribution in [0.2, 0.25) is 0 Å². The second-order valence-electron chi connectivity index (χ2n) is 6.93. The maximum absolute atomic E-state index is 12.3. The van der Waals surface area contributed by atoms with Crippen molar-refractivity contribution >= 4 is 28.8 Å². The zero-order chi connectivity index (χ0) is 21.3. The molecule has 3 rings (SSSR count). The first-order valence-corrected chi connectivity index (χ1v) is 10.4. The van der Waals surface area contributed by atoms with E-state index >= 15 is 0 Å². The maximum Gasteiger partial charge on any atom is 0.286 e. The Labute approximate surface area is 179 Å². The summed E-state index contributed by atoms with van der Waals surface area (Å²) < 4.78 is 5.41. The summed E-state index contributed by atoms with van der Waals surface area (Å²) in [5.41, 5.74) is 2.98. The molecule has 7 nitrogen and oxygen atoms in total. The number of benzene rings is 2. The molecule has 0 bridgehead atoms. The van der Waals surface area contributed by atoms with Crippen LogP contribution in [-0.4, -0.2) is 35.2 Å². The number of ether oxygens (including phenoxy) is 1. The molecule has 0 saturated heterocycles. The fourth-order valence-corrected chi connectivity index (χ4v) is 3.35. The van der Waals surface area contributed by atoms with Crippen molar-refractivity contribution in [2.45, 2.75) is 26.4 Å². The van der Waals surface area contributed by atoms with Crippen molar-refractivity contribution in [3.8, 4) is 0 Å². The Bertz CT molecular complexity index is 974. The smallest absolute Gasteiger partial charge is 0.286 e. The summed E-state index contributed by atoms with van der Waals surface area (Å²) in [6.45, 7) is 4.62. The fourth-order valence-electron chi connectivity index (χ4n) is 2.67. The first-order valence-electron chi connectivity index (χ1n) is 9.61. The molecule has 0 spiro atoms. The number of aryl methyl sites for hydroxylation is 1. The highest BCUT2D eigenvalue weighted by atomic mass is 32.1. The second-order valence-corrected chi connectivity index (χ2v) is 7.99. The lowest BCUT2D eigenvalue weighted by Gasteiger charge is -2.13. The summed E-state index contributed by atoms with van der Waals surface area (Å²) in [4.78, 5) is 24.2. The second kappa shape index (κ2) is 10.6. The fraction of sp³-hybridized carbons (Fsp3) is 0.273. The molecular formula is C22H24N4O3S. The molecule has 8 heteroatoms. The van der Waals surface area contributed by atoms with E-state index in [1.807, 2.05) is 61.5 Å². The van der Waals surface area contributed by atoms with Crippen molar-refractivity contribution in [1.82, 2.24) is 15.5 Å². The van der Waals surface area contributed by atoms with Gasteiger partial charge in [0.15, 0.2) is 0 Å². The topological polar surface area (TPSA) is 93.2 Å². The van der Waals surface area contributed by atoms with Crippen molar-refractivity contribution in [2.24, 2.45) is 0 Å². The summed E-state index contributed by atoms with van der Waals surface area (Å²) in [6, 6.07) is 17.5. The number of carbonyl (C=O) groups is 2. The van der Waals surface area contributed by atoms with Crippen LogP contribution < -0.4 is 10.6 Å². The SMILES string of the molecule is Cc1ccc(NC(=O)c2nnc(COCC(=O)NC[C@@H](C)c3ccccc3)s2)cc1. The third kappa shape index (κ3) is 6.47. The average molecular weight is 425 g/mol. The van der Waals surface area contributed by atoms with Crippen LogP contribution in [0, 0.1) is 6.92 Å². The van der Waals surface area contributed by atoms with Crippen LogP contribution in [0.25, 0.3) is 0 Å². The first kappa shape index (κ1) is 21.6. The molecule has 0 aliphatic heterocycles. The number of hydrogen-bond donors (Lipinski definition) is 2. The molecule has 30 heavy (non-hydrogen) atoms. The highest BCUT2D eigenvalue weighted by molar-refractivity contribution is 7.13. The molecule has 2 N–H and O–H groups in total. The largest absolute Gasteiger partial charge is 0.364 e. The van der Waals surface area contributed by atoms with Crippen LogP contribution in [0.15, 0.2) is 54.6 Å². The summed E-state index contributed by atoms with van der Waals surface area (Å²) in [6.07, 6.45) is 0. The van der Waals surface area contributed by atoms with Crippen LogP contribution in [0.4, 0.5) is 5.69 Å². The summed E-state index contributed by atoms with van der Waals surface area (Å²) in [7, 11) is 0. The molecule has 2 amide bonds. The van der Waals surface area contributed by atoms with Crippen LogP contribution in [0.3, 0.4) is 0 Å². The van der Waals surface area contributed by atoms with Crippen molar-refractivity contribution in [2.75, 3.05) is 18.5 Å². The first-order chi connectivity index (χ1) is 14.5. The lowest BCUT2D eigenvalue weighted by molar-refractivity contribution is -0.126. The number of carbonyl (C=O) groups excluding carboxylic acids is 2. The van der Waals surface area contributed by atoms with Gasteiger partial charge >= 0.3 is 0 Å². The van der Waals surface area contributed by atoms with Gasteiger partial charge in [-0.25, -0.2) is 0 Å². The van der Waals surface area contributed by atoms with Gasteiger partial charge in [-0.15, -0.1) is 10.2 Å². The molecule has 0 saturated carbocycles. The molecular weight excluding hydrogens is 400 g/mol. The minimum atomic E-state index is -0.324. The summed E-state index contributed by atoms with van der Waals surface area (Å²) in [5.74, 6) is -0.303. The predicted molar refractivity (Wildman–Crippen MR) is 117 cm³/mol. The Kier molecular flexibility index (Phi) is 7.64. The van der Waals surface area contributed by atoms with Gasteiger partial charge in [-0.3, -0.25) is 9.59 Å². The van der Waals surface area contributed by atoms with Crippen molar-refractivity contribution in [1.29, 1.82) is 0 Å². The summed E-state index contributed by atoms with van der Waals surface area (Å²) >= 11 is 1.14. The number of nitrogens with zero attached hydrogens (tertiary/aromatic N) is 2. The molecule has 0 aliphatic carbocycles. The number of rotatable bonds is 9. The molecule has 1 atom stereocenters. The van der Waals surface area contributed by atoms with Crippen molar-refractivity contribution < 1.29 is 14.3 Å².